The number of benzene rings is 1. The van der Waals surface area contributed by atoms with Gasteiger partial charge in [0.15, 0.2) is 5.82 Å². The average molecular weight is 294 g/mol. The van der Waals surface area contributed by atoms with E-state index in [-0.39, 0.29) is 0 Å². The first-order valence-corrected chi connectivity index (χ1v) is 6.87. The number of aromatic amines is 1. The molecule has 0 amide bonds. The van der Waals surface area contributed by atoms with E-state index in [9.17, 15) is 0 Å². The van der Waals surface area contributed by atoms with E-state index in [2.05, 4.69) is 25.4 Å². The molecule has 0 unspecified atom stereocenters. The van der Waals surface area contributed by atoms with E-state index in [0.717, 1.165) is 37.7 Å². The van der Waals surface area contributed by atoms with Crippen LogP contribution in [0.3, 0.4) is 0 Å². The minimum absolute atomic E-state index is 0.632. The first kappa shape index (κ1) is 13.2. The van der Waals surface area contributed by atoms with E-state index in [0.29, 0.717) is 16.6 Å². The number of rotatable bonds is 3. The number of hydrogen-bond acceptors (Lipinski definition) is 5. The zero-order valence-corrected chi connectivity index (χ0v) is 11.9. The topological polar surface area (TPSA) is 66.1 Å². The molecule has 1 aliphatic rings. The van der Waals surface area contributed by atoms with Crippen molar-refractivity contribution in [3.8, 4) is 17.1 Å². The summed E-state index contributed by atoms with van der Waals surface area (Å²) in [6.07, 6.45) is 0. The number of ether oxygens (including phenoxy) is 1. The third kappa shape index (κ3) is 2.57. The molecule has 2 aromatic rings. The van der Waals surface area contributed by atoms with E-state index in [1.165, 1.54) is 0 Å². The lowest BCUT2D eigenvalue weighted by molar-refractivity contribution is 0.416. The van der Waals surface area contributed by atoms with Crippen molar-refractivity contribution in [3.63, 3.8) is 0 Å². The van der Waals surface area contributed by atoms with Crippen molar-refractivity contribution < 1.29 is 4.74 Å². The highest BCUT2D eigenvalue weighted by Crippen LogP contribution is 2.30. The second-order valence-corrected chi connectivity index (χ2v) is 5.00. The number of nitrogens with zero attached hydrogens (tertiary/aromatic N) is 3. The van der Waals surface area contributed by atoms with Gasteiger partial charge in [-0.15, -0.1) is 5.10 Å². The molecular weight excluding hydrogens is 278 g/mol. The van der Waals surface area contributed by atoms with Gasteiger partial charge in [0.05, 0.1) is 12.7 Å². The van der Waals surface area contributed by atoms with E-state index in [1.54, 1.807) is 13.2 Å². The summed E-state index contributed by atoms with van der Waals surface area (Å²) in [5.74, 6) is 2.09. The summed E-state index contributed by atoms with van der Waals surface area (Å²) < 4.78 is 5.34. The van der Waals surface area contributed by atoms with Crippen LogP contribution in [0.15, 0.2) is 18.2 Å². The van der Waals surface area contributed by atoms with Gasteiger partial charge in [-0.05, 0) is 18.2 Å². The van der Waals surface area contributed by atoms with E-state index in [1.807, 2.05) is 12.1 Å². The summed E-state index contributed by atoms with van der Waals surface area (Å²) in [5, 5.41) is 11.2. The predicted octanol–water partition coefficient (Wildman–Crippen LogP) is 1.54. The first-order chi connectivity index (χ1) is 9.78. The van der Waals surface area contributed by atoms with Crippen LogP contribution < -0.4 is 15.0 Å². The molecule has 3 rings (SSSR count). The maximum absolute atomic E-state index is 5.97. The Labute approximate surface area is 122 Å². The molecule has 1 aliphatic heterocycles. The lowest BCUT2D eigenvalue weighted by atomic mass is 10.2. The molecule has 2 heterocycles. The minimum Gasteiger partial charge on any atom is -0.496 e. The Balaban J connectivity index is 1.89. The standard InChI is InChI=1S/C13H16ClN5O/c1-20-11-8-9(14)2-3-10(11)12-16-13(18-17-12)19-6-4-15-5-7-19/h2-3,8,15H,4-7H2,1H3,(H,16,17,18). The second-order valence-electron chi connectivity index (χ2n) is 4.57. The average Bonchev–Trinajstić information content (AvgIpc) is 2.97. The quantitative estimate of drug-likeness (QED) is 0.899. The summed E-state index contributed by atoms with van der Waals surface area (Å²) in [4.78, 5) is 6.70. The Kier molecular flexibility index (Phi) is 3.75. The highest BCUT2D eigenvalue weighted by molar-refractivity contribution is 6.30. The van der Waals surface area contributed by atoms with Crippen molar-refractivity contribution in [3.05, 3.63) is 23.2 Å². The third-order valence-electron chi connectivity index (χ3n) is 3.29. The third-order valence-corrected chi connectivity index (χ3v) is 3.53. The molecule has 0 atom stereocenters. The van der Waals surface area contributed by atoms with Crippen LogP contribution in [0.2, 0.25) is 5.02 Å². The molecule has 1 aromatic carbocycles. The molecule has 1 aromatic heterocycles. The summed E-state index contributed by atoms with van der Waals surface area (Å²) in [6.45, 7) is 3.73. The van der Waals surface area contributed by atoms with Crippen molar-refractivity contribution in [2.45, 2.75) is 0 Å². The molecule has 0 saturated carbocycles. The van der Waals surface area contributed by atoms with E-state index in [4.69, 9.17) is 16.3 Å². The van der Waals surface area contributed by atoms with Crippen LogP contribution in [0.4, 0.5) is 5.95 Å². The van der Waals surface area contributed by atoms with Crippen LogP contribution in [-0.2, 0) is 0 Å². The Morgan fingerprint density at radius 3 is 2.85 bits per heavy atom. The molecular formula is C13H16ClN5O. The number of aromatic nitrogens is 3. The smallest absolute Gasteiger partial charge is 0.245 e. The van der Waals surface area contributed by atoms with Gasteiger partial charge < -0.3 is 15.0 Å². The lowest BCUT2D eigenvalue weighted by Crippen LogP contribution is -2.44. The Hall–Kier alpha value is -1.79. The Morgan fingerprint density at radius 1 is 1.30 bits per heavy atom. The summed E-state index contributed by atoms with van der Waals surface area (Å²) >= 11 is 5.97. The van der Waals surface area contributed by atoms with Crippen molar-refractivity contribution >= 4 is 17.5 Å². The van der Waals surface area contributed by atoms with E-state index >= 15 is 0 Å². The fourth-order valence-corrected chi connectivity index (χ4v) is 2.40. The molecule has 106 valence electrons. The van der Waals surface area contributed by atoms with Gasteiger partial charge >= 0.3 is 0 Å². The van der Waals surface area contributed by atoms with Gasteiger partial charge in [0.2, 0.25) is 5.95 Å². The number of methoxy groups -OCH3 is 1. The number of halogens is 1. The van der Waals surface area contributed by atoms with Crippen molar-refractivity contribution in [2.24, 2.45) is 0 Å². The predicted molar refractivity (Wildman–Crippen MR) is 78.5 cm³/mol. The van der Waals surface area contributed by atoms with Gasteiger partial charge in [0.25, 0.3) is 0 Å². The van der Waals surface area contributed by atoms with Gasteiger partial charge in [0.1, 0.15) is 5.75 Å². The second kappa shape index (κ2) is 5.68. The van der Waals surface area contributed by atoms with E-state index < -0.39 is 0 Å². The molecule has 0 radical (unpaired) electrons. The number of anilines is 1. The normalized spacial score (nSPS) is 15.4. The summed E-state index contributed by atoms with van der Waals surface area (Å²) in [5.41, 5.74) is 0.853. The maximum atomic E-state index is 5.97. The molecule has 0 aliphatic carbocycles. The van der Waals surface area contributed by atoms with Crippen molar-refractivity contribution in [2.75, 3.05) is 38.2 Å². The first-order valence-electron chi connectivity index (χ1n) is 6.50. The molecule has 20 heavy (non-hydrogen) atoms. The van der Waals surface area contributed by atoms with Crippen LogP contribution in [0.1, 0.15) is 0 Å². The summed E-state index contributed by atoms with van der Waals surface area (Å²) in [7, 11) is 1.61. The number of nitrogens with one attached hydrogen (secondary N) is 2. The zero-order valence-electron chi connectivity index (χ0n) is 11.2. The van der Waals surface area contributed by atoms with Gasteiger partial charge in [-0.3, -0.25) is 5.10 Å². The SMILES string of the molecule is COc1cc(Cl)ccc1-c1nc(N2CCNCC2)n[nH]1. The summed E-state index contributed by atoms with van der Waals surface area (Å²) in [6, 6.07) is 5.46. The highest BCUT2D eigenvalue weighted by atomic mass is 35.5. The molecule has 7 heteroatoms. The fourth-order valence-electron chi connectivity index (χ4n) is 2.24. The molecule has 1 fully saturated rings. The largest absolute Gasteiger partial charge is 0.496 e. The fraction of sp³-hybridized carbons (Fsp3) is 0.385. The Morgan fingerprint density at radius 2 is 2.10 bits per heavy atom. The molecule has 1 saturated heterocycles. The van der Waals surface area contributed by atoms with Crippen LogP contribution in [-0.4, -0.2) is 48.5 Å². The van der Waals surface area contributed by atoms with Crippen LogP contribution >= 0.6 is 11.6 Å². The number of H-pyrrole nitrogens is 1. The molecule has 6 nitrogen and oxygen atoms in total. The highest BCUT2D eigenvalue weighted by Gasteiger charge is 2.17. The van der Waals surface area contributed by atoms with Crippen LogP contribution in [0.5, 0.6) is 5.75 Å². The number of piperazine rings is 1. The minimum atomic E-state index is 0.632. The van der Waals surface area contributed by atoms with Crippen LogP contribution in [0.25, 0.3) is 11.4 Å². The molecule has 2 N–H and O–H groups in total. The lowest BCUT2D eigenvalue weighted by Gasteiger charge is -2.25. The van der Waals surface area contributed by atoms with Crippen molar-refractivity contribution in [1.29, 1.82) is 0 Å². The monoisotopic (exact) mass is 293 g/mol. The maximum Gasteiger partial charge on any atom is 0.245 e. The van der Waals surface area contributed by atoms with Gasteiger partial charge in [0, 0.05) is 31.2 Å². The van der Waals surface area contributed by atoms with Crippen molar-refractivity contribution in [1.82, 2.24) is 20.5 Å². The van der Waals surface area contributed by atoms with Crippen LogP contribution in [0, 0.1) is 0 Å². The Bertz CT molecular complexity index is 594. The van der Waals surface area contributed by atoms with Gasteiger partial charge in [-0.25, -0.2) is 0 Å². The van der Waals surface area contributed by atoms with Gasteiger partial charge in [-0.1, -0.05) is 11.6 Å². The van der Waals surface area contributed by atoms with Gasteiger partial charge in [-0.2, -0.15) is 4.98 Å². The molecule has 0 spiro atoms. The molecule has 0 bridgehead atoms. The number of hydrogen-bond donors (Lipinski definition) is 2. The zero-order chi connectivity index (χ0) is 13.9.